The van der Waals surface area contributed by atoms with Crippen molar-refractivity contribution < 1.29 is 45.8 Å². The maximum Gasteiger partial charge on any atom is 0.437 e. The van der Waals surface area contributed by atoms with E-state index in [0.717, 1.165) is 0 Å². The molecule has 0 amide bonds. The summed E-state index contributed by atoms with van der Waals surface area (Å²) in [6.45, 7) is 0. The molecule has 5 aliphatic carbocycles. The molecular weight excluding hydrogens is 406 g/mol. The highest BCUT2D eigenvalue weighted by Crippen LogP contribution is 2.69. The fraction of sp³-hybridized carbons (Fsp3) is 0.895. The van der Waals surface area contributed by atoms with Gasteiger partial charge in [0.15, 0.2) is 0 Å². The molecule has 4 bridgehead atoms. The predicted molar refractivity (Wildman–Crippen MR) is 85.8 cm³/mol. The van der Waals surface area contributed by atoms with E-state index in [1.54, 1.807) is 0 Å². The van der Waals surface area contributed by atoms with Gasteiger partial charge in [-0.1, -0.05) is 0 Å². The second kappa shape index (κ2) is 6.03. The molecule has 2 unspecified atom stereocenters. The lowest BCUT2D eigenvalue weighted by molar-refractivity contribution is -0.234. The Morgan fingerprint density at radius 3 is 1.79 bits per heavy atom. The first-order valence-corrected chi connectivity index (χ1v) is 9.83. The van der Waals surface area contributed by atoms with Crippen molar-refractivity contribution in [1.29, 1.82) is 0 Å². The summed E-state index contributed by atoms with van der Waals surface area (Å²) in [5.41, 5.74) is -2.01. The first kappa shape index (κ1) is 20.8. The van der Waals surface area contributed by atoms with Gasteiger partial charge in [0.1, 0.15) is 5.60 Å². The number of rotatable bonds is 3. The molecule has 4 nitrogen and oxygen atoms in total. The summed E-state index contributed by atoms with van der Waals surface area (Å²) in [5.74, 6) is -18.1. The first-order valence-electron chi connectivity index (χ1n) is 9.83. The fourth-order valence-electron chi connectivity index (χ4n) is 6.68. The van der Waals surface area contributed by atoms with Crippen molar-refractivity contribution in [3.05, 3.63) is 0 Å². The third-order valence-electron chi connectivity index (χ3n) is 7.94. The highest BCUT2D eigenvalue weighted by Gasteiger charge is 2.68. The third kappa shape index (κ3) is 2.95. The van der Waals surface area contributed by atoms with Gasteiger partial charge in [-0.05, 0) is 68.1 Å². The van der Waals surface area contributed by atoms with Gasteiger partial charge in [0.2, 0.25) is 0 Å². The molecule has 0 heterocycles. The van der Waals surface area contributed by atoms with Gasteiger partial charge in [0, 0.05) is 12.8 Å². The lowest BCUT2D eigenvalue weighted by atomic mass is 9.42. The Kier molecular flexibility index (Phi) is 4.32. The van der Waals surface area contributed by atoms with Crippen LogP contribution in [0.4, 0.5) is 26.3 Å². The zero-order valence-corrected chi connectivity index (χ0v) is 15.5. The van der Waals surface area contributed by atoms with E-state index in [2.05, 4.69) is 0 Å². The summed E-state index contributed by atoms with van der Waals surface area (Å²) in [6.07, 6.45) is -0.255. The Bertz CT molecular complexity index is 700. The monoisotopic (exact) mass is 428 g/mol. The standard InChI is InChI=1S/C19H22F6O4/c20-17(21)3-1-16(2-4-18(17,22)23)11-5-10-6-12(16)9-15(7-10,8-11)29-14(28)19(24,25)13(26)27/h10-12H,1-9H2,(H,26,27). The van der Waals surface area contributed by atoms with Crippen LogP contribution in [0.1, 0.15) is 57.8 Å². The van der Waals surface area contributed by atoms with Crippen LogP contribution in [0.25, 0.3) is 0 Å². The van der Waals surface area contributed by atoms with Crippen molar-refractivity contribution in [2.75, 3.05) is 0 Å². The number of carbonyl (C=O) groups excluding carboxylic acids is 1. The van der Waals surface area contributed by atoms with Gasteiger partial charge in [0.05, 0.1) is 0 Å². The molecule has 5 saturated carbocycles. The van der Waals surface area contributed by atoms with E-state index < -0.39 is 53.6 Å². The summed E-state index contributed by atoms with van der Waals surface area (Å²) >= 11 is 0. The van der Waals surface area contributed by atoms with Gasteiger partial charge in [0.25, 0.3) is 0 Å². The zero-order valence-electron chi connectivity index (χ0n) is 15.5. The molecule has 164 valence electrons. The zero-order chi connectivity index (χ0) is 21.5. The molecule has 5 rings (SSSR count). The maximum atomic E-state index is 13.9. The topological polar surface area (TPSA) is 63.6 Å². The lowest BCUT2D eigenvalue weighted by Gasteiger charge is -2.65. The Morgan fingerprint density at radius 2 is 1.34 bits per heavy atom. The average Bonchev–Trinajstić information content (AvgIpc) is 2.68. The van der Waals surface area contributed by atoms with E-state index in [-0.39, 0.29) is 43.4 Å². The second-order valence-electron chi connectivity index (χ2n) is 9.44. The van der Waals surface area contributed by atoms with E-state index in [1.807, 2.05) is 0 Å². The van der Waals surface area contributed by atoms with Gasteiger partial charge in [-0.3, -0.25) is 0 Å². The number of aliphatic carboxylic acids is 1. The number of alkyl halides is 6. The normalized spacial score (nSPS) is 39.2. The molecule has 0 radical (unpaired) electrons. The summed E-state index contributed by atoms with van der Waals surface area (Å²) in [6, 6.07) is 0. The van der Waals surface area contributed by atoms with Crippen molar-refractivity contribution in [2.24, 2.45) is 23.2 Å². The molecule has 29 heavy (non-hydrogen) atoms. The van der Waals surface area contributed by atoms with Crippen molar-refractivity contribution >= 4 is 11.9 Å². The molecule has 0 aliphatic heterocycles. The molecule has 0 saturated heterocycles. The Hall–Kier alpha value is -1.48. The fourth-order valence-corrected chi connectivity index (χ4v) is 6.68. The lowest BCUT2D eigenvalue weighted by Crippen LogP contribution is -2.62. The van der Waals surface area contributed by atoms with E-state index in [9.17, 15) is 35.9 Å². The van der Waals surface area contributed by atoms with Gasteiger partial charge < -0.3 is 9.84 Å². The van der Waals surface area contributed by atoms with Crippen molar-refractivity contribution in [3.63, 3.8) is 0 Å². The molecule has 10 heteroatoms. The molecule has 1 N–H and O–H groups in total. The number of carbonyl (C=O) groups is 2. The Morgan fingerprint density at radius 1 is 0.862 bits per heavy atom. The van der Waals surface area contributed by atoms with Gasteiger partial charge >= 0.3 is 29.7 Å². The number of halogens is 6. The molecule has 5 fully saturated rings. The van der Waals surface area contributed by atoms with Crippen LogP contribution < -0.4 is 0 Å². The predicted octanol–water partition coefficient (Wildman–Crippen LogP) is 4.66. The van der Waals surface area contributed by atoms with Crippen molar-refractivity contribution in [1.82, 2.24) is 0 Å². The molecular formula is C19H22F6O4. The Labute approximate surface area is 163 Å². The summed E-state index contributed by atoms with van der Waals surface area (Å²) < 4.78 is 87.9. The van der Waals surface area contributed by atoms with Crippen LogP contribution in [0.2, 0.25) is 0 Å². The molecule has 1 spiro atoms. The SMILES string of the molecule is O=C(O)C(F)(F)C(=O)OC12CC3CC(C1)C1(CCC(F)(F)C(F)(F)CC1)C(C3)C2. The van der Waals surface area contributed by atoms with Crippen LogP contribution in [0.15, 0.2) is 0 Å². The minimum Gasteiger partial charge on any atom is -0.476 e. The number of ether oxygens (including phenoxy) is 1. The van der Waals surface area contributed by atoms with E-state index in [4.69, 9.17) is 9.84 Å². The summed E-state index contributed by atoms with van der Waals surface area (Å²) in [5, 5.41) is 8.56. The van der Waals surface area contributed by atoms with Crippen LogP contribution in [-0.4, -0.2) is 40.4 Å². The highest BCUT2D eigenvalue weighted by molar-refractivity contribution is 6.00. The van der Waals surface area contributed by atoms with E-state index in [0.29, 0.717) is 19.3 Å². The largest absolute Gasteiger partial charge is 0.476 e. The number of hydrogen-bond acceptors (Lipinski definition) is 3. The maximum absolute atomic E-state index is 13.9. The van der Waals surface area contributed by atoms with Crippen LogP contribution in [-0.2, 0) is 14.3 Å². The van der Waals surface area contributed by atoms with Gasteiger partial charge in [-0.25, -0.2) is 9.59 Å². The van der Waals surface area contributed by atoms with Crippen LogP contribution in [0.5, 0.6) is 0 Å². The van der Waals surface area contributed by atoms with E-state index in [1.165, 1.54) is 0 Å². The van der Waals surface area contributed by atoms with Crippen molar-refractivity contribution in [3.8, 4) is 0 Å². The second-order valence-corrected chi connectivity index (χ2v) is 9.44. The third-order valence-corrected chi connectivity index (χ3v) is 7.94. The average molecular weight is 428 g/mol. The van der Waals surface area contributed by atoms with Gasteiger partial charge in [-0.15, -0.1) is 0 Å². The quantitative estimate of drug-likeness (QED) is 0.404. The van der Waals surface area contributed by atoms with Crippen LogP contribution in [0, 0.1) is 23.2 Å². The van der Waals surface area contributed by atoms with Crippen LogP contribution in [0.3, 0.4) is 0 Å². The smallest absolute Gasteiger partial charge is 0.437 e. The van der Waals surface area contributed by atoms with E-state index >= 15 is 0 Å². The van der Waals surface area contributed by atoms with Crippen molar-refractivity contribution in [2.45, 2.75) is 81.2 Å². The summed E-state index contributed by atoms with van der Waals surface area (Å²) in [7, 11) is 0. The molecule has 0 aromatic rings. The number of carboxylic acids is 1. The molecule has 2 atom stereocenters. The first-order chi connectivity index (χ1) is 13.2. The van der Waals surface area contributed by atoms with Crippen LogP contribution >= 0.6 is 0 Å². The minimum atomic E-state index is -4.67. The molecule has 5 aliphatic rings. The van der Waals surface area contributed by atoms with Gasteiger partial charge in [-0.2, -0.15) is 26.3 Å². The minimum absolute atomic E-state index is 0.0219. The highest BCUT2D eigenvalue weighted by atomic mass is 19.3. The molecule has 0 aromatic carbocycles. The summed E-state index contributed by atoms with van der Waals surface area (Å²) in [4.78, 5) is 22.5. The Balaban J connectivity index is 1.58. The number of esters is 1. The molecule has 0 aromatic heterocycles. The number of carboxylic acid groups (broad SMARTS) is 1. The number of hydrogen-bond donors (Lipinski definition) is 1.